The van der Waals surface area contributed by atoms with Crippen LogP contribution in [0.4, 0.5) is 4.79 Å². The van der Waals surface area contributed by atoms with Gasteiger partial charge in [0.05, 0.1) is 12.7 Å². The Hall–Kier alpha value is -2.63. The molecule has 0 aromatic heterocycles. The van der Waals surface area contributed by atoms with Crippen LogP contribution in [0.5, 0.6) is 0 Å². The molecular weight excluding hydrogens is 322 g/mol. The lowest BCUT2D eigenvalue weighted by molar-refractivity contribution is 0.0270. The molecule has 0 spiro atoms. The minimum Gasteiger partial charge on any atom is -0.465 e. The zero-order valence-corrected chi connectivity index (χ0v) is 15.0. The fourth-order valence-electron chi connectivity index (χ4n) is 2.57. The quantitative estimate of drug-likeness (QED) is 0.621. The van der Waals surface area contributed by atoms with E-state index in [1.807, 2.05) is 26.8 Å². The van der Waals surface area contributed by atoms with Crippen LogP contribution in [0.2, 0.25) is 0 Å². The van der Waals surface area contributed by atoms with Crippen molar-refractivity contribution < 1.29 is 23.9 Å². The third-order valence-electron chi connectivity index (χ3n) is 3.82. The fraction of sp³-hybridized carbons (Fsp3) is 0.421. The third kappa shape index (κ3) is 4.68. The second-order valence-electron chi connectivity index (χ2n) is 6.82. The van der Waals surface area contributed by atoms with Crippen molar-refractivity contribution in [1.82, 2.24) is 4.90 Å². The molecule has 0 N–H and O–H groups in total. The number of benzene rings is 1. The van der Waals surface area contributed by atoms with Crippen LogP contribution >= 0.6 is 0 Å². The van der Waals surface area contributed by atoms with Crippen molar-refractivity contribution in [3.05, 3.63) is 41.0 Å². The van der Waals surface area contributed by atoms with Crippen molar-refractivity contribution in [2.45, 2.75) is 32.8 Å². The van der Waals surface area contributed by atoms with Crippen molar-refractivity contribution in [3.8, 4) is 0 Å². The van der Waals surface area contributed by atoms with Gasteiger partial charge in [-0.25, -0.2) is 9.59 Å². The van der Waals surface area contributed by atoms with Crippen molar-refractivity contribution in [2.75, 3.05) is 20.2 Å². The molecular formula is C19H23NO5. The molecule has 1 aliphatic heterocycles. The zero-order valence-electron chi connectivity index (χ0n) is 15.0. The highest BCUT2D eigenvalue weighted by molar-refractivity contribution is 5.99. The molecule has 0 atom stereocenters. The summed E-state index contributed by atoms with van der Waals surface area (Å²) in [5.41, 5.74) is 1.87. The van der Waals surface area contributed by atoms with Crippen LogP contribution < -0.4 is 0 Å². The number of hydrogen-bond acceptors (Lipinski definition) is 5. The lowest BCUT2D eigenvalue weighted by Gasteiger charge is -2.29. The summed E-state index contributed by atoms with van der Waals surface area (Å²) in [5.74, 6) is -0.546. The minimum atomic E-state index is -0.546. The number of nitrogens with zero attached hydrogens (tertiary/aromatic N) is 1. The van der Waals surface area contributed by atoms with Crippen LogP contribution in [-0.4, -0.2) is 49.0 Å². The van der Waals surface area contributed by atoms with Crippen LogP contribution in [0.15, 0.2) is 24.3 Å². The fourth-order valence-corrected chi connectivity index (χ4v) is 2.57. The van der Waals surface area contributed by atoms with Gasteiger partial charge in [-0.15, -0.1) is 0 Å². The van der Waals surface area contributed by atoms with Gasteiger partial charge in [-0.1, -0.05) is 18.2 Å². The van der Waals surface area contributed by atoms with Gasteiger partial charge in [0.15, 0.2) is 6.29 Å². The zero-order chi connectivity index (χ0) is 18.6. The first-order chi connectivity index (χ1) is 11.7. The molecule has 0 bridgehead atoms. The van der Waals surface area contributed by atoms with Gasteiger partial charge in [0.2, 0.25) is 0 Å². The lowest BCUT2D eigenvalue weighted by atomic mass is 9.95. The number of carbonyl (C=O) groups excluding carboxylic acids is 3. The van der Waals surface area contributed by atoms with Gasteiger partial charge in [0, 0.05) is 18.7 Å². The summed E-state index contributed by atoms with van der Waals surface area (Å²) in [4.78, 5) is 36.7. The largest absolute Gasteiger partial charge is 0.465 e. The Balaban J connectivity index is 2.17. The standard InChI is InChI=1S/C19H23NO5/c1-19(2,3)25-18(23)20-9-7-13(8-10-20)14-5-6-15(12-21)16(11-14)17(22)24-4/h5-7,11-12H,8-10H2,1-4H3. The second-order valence-corrected chi connectivity index (χ2v) is 6.82. The van der Waals surface area contributed by atoms with E-state index in [-0.39, 0.29) is 11.7 Å². The normalized spacial score (nSPS) is 14.6. The summed E-state index contributed by atoms with van der Waals surface area (Å²) in [6.07, 6.45) is 2.87. The van der Waals surface area contributed by atoms with Crippen molar-refractivity contribution in [1.29, 1.82) is 0 Å². The molecule has 1 aromatic carbocycles. The average molecular weight is 345 g/mol. The van der Waals surface area contributed by atoms with Gasteiger partial charge < -0.3 is 14.4 Å². The monoisotopic (exact) mass is 345 g/mol. The predicted molar refractivity (Wildman–Crippen MR) is 93.6 cm³/mol. The Morgan fingerprint density at radius 3 is 2.48 bits per heavy atom. The Kier molecular flexibility index (Phi) is 5.62. The second kappa shape index (κ2) is 7.51. The molecule has 0 saturated carbocycles. The summed E-state index contributed by atoms with van der Waals surface area (Å²) in [7, 11) is 1.28. The maximum atomic E-state index is 12.1. The van der Waals surface area contributed by atoms with Gasteiger partial charge in [0.1, 0.15) is 5.60 Å². The number of rotatable bonds is 3. The summed E-state index contributed by atoms with van der Waals surface area (Å²) in [6, 6.07) is 5.06. The van der Waals surface area contributed by atoms with Crippen molar-refractivity contribution in [2.24, 2.45) is 0 Å². The van der Waals surface area contributed by atoms with Crippen molar-refractivity contribution in [3.63, 3.8) is 0 Å². The van der Waals surface area contributed by atoms with Gasteiger partial charge in [-0.2, -0.15) is 0 Å². The molecule has 6 nitrogen and oxygen atoms in total. The van der Waals surface area contributed by atoms with Crippen LogP contribution in [0, 0.1) is 0 Å². The molecule has 2 rings (SSSR count). The van der Waals surface area contributed by atoms with E-state index < -0.39 is 11.6 Å². The van der Waals surface area contributed by atoms with Gasteiger partial charge in [-0.3, -0.25) is 4.79 Å². The number of methoxy groups -OCH3 is 1. The highest BCUT2D eigenvalue weighted by Gasteiger charge is 2.24. The van der Waals surface area contributed by atoms with E-state index in [9.17, 15) is 14.4 Å². The Labute approximate surface area is 147 Å². The summed E-state index contributed by atoms with van der Waals surface area (Å²) in [6.45, 7) is 6.47. The molecule has 0 aliphatic carbocycles. The predicted octanol–water partition coefficient (Wildman–Crippen LogP) is 3.31. The average Bonchev–Trinajstić information content (AvgIpc) is 2.59. The molecule has 25 heavy (non-hydrogen) atoms. The number of amides is 1. The molecule has 1 aliphatic rings. The van der Waals surface area contributed by atoms with Crippen molar-refractivity contribution >= 4 is 23.9 Å². The molecule has 0 unspecified atom stereocenters. The number of hydrogen-bond donors (Lipinski definition) is 0. The first kappa shape index (κ1) is 18.7. The highest BCUT2D eigenvalue weighted by atomic mass is 16.6. The number of ether oxygens (including phenoxy) is 2. The number of aldehydes is 1. The smallest absolute Gasteiger partial charge is 0.410 e. The summed E-state index contributed by atoms with van der Waals surface area (Å²) in [5, 5.41) is 0. The van der Waals surface area contributed by atoms with Crippen LogP contribution in [0.25, 0.3) is 5.57 Å². The van der Waals surface area contributed by atoms with E-state index in [4.69, 9.17) is 9.47 Å². The molecule has 0 saturated heterocycles. The highest BCUT2D eigenvalue weighted by Crippen LogP contribution is 2.25. The summed E-state index contributed by atoms with van der Waals surface area (Å²) >= 11 is 0. The first-order valence-electron chi connectivity index (χ1n) is 8.10. The van der Waals surface area contributed by atoms with E-state index in [1.54, 1.807) is 23.1 Å². The Morgan fingerprint density at radius 1 is 1.24 bits per heavy atom. The topological polar surface area (TPSA) is 72.9 Å². The van der Waals surface area contributed by atoms with E-state index in [2.05, 4.69) is 0 Å². The molecule has 6 heteroatoms. The summed E-state index contributed by atoms with van der Waals surface area (Å²) < 4.78 is 10.1. The van der Waals surface area contributed by atoms with Gasteiger partial charge in [-0.05, 0) is 44.4 Å². The Morgan fingerprint density at radius 2 is 1.96 bits per heavy atom. The van der Waals surface area contributed by atoms with E-state index in [0.717, 1.165) is 11.1 Å². The molecule has 134 valence electrons. The Bertz CT molecular complexity index is 715. The van der Waals surface area contributed by atoms with E-state index >= 15 is 0 Å². The van der Waals surface area contributed by atoms with Crippen LogP contribution in [-0.2, 0) is 9.47 Å². The lowest BCUT2D eigenvalue weighted by Crippen LogP contribution is -2.39. The minimum absolute atomic E-state index is 0.241. The first-order valence-corrected chi connectivity index (χ1v) is 8.10. The maximum absolute atomic E-state index is 12.1. The van der Waals surface area contributed by atoms with Crippen LogP contribution in [0.3, 0.4) is 0 Å². The van der Waals surface area contributed by atoms with E-state index in [1.165, 1.54) is 7.11 Å². The molecule has 1 amide bonds. The maximum Gasteiger partial charge on any atom is 0.410 e. The molecule has 0 fully saturated rings. The SMILES string of the molecule is COC(=O)c1cc(C2=CCN(C(=O)OC(C)(C)C)CC2)ccc1C=O. The number of carbonyl (C=O) groups is 3. The van der Waals surface area contributed by atoms with Gasteiger partial charge >= 0.3 is 12.1 Å². The van der Waals surface area contributed by atoms with Crippen LogP contribution in [0.1, 0.15) is 53.5 Å². The molecule has 1 heterocycles. The molecule has 1 aromatic rings. The third-order valence-corrected chi connectivity index (χ3v) is 3.82. The van der Waals surface area contributed by atoms with Gasteiger partial charge in [0.25, 0.3) is 0 Å². The van der Waals surface area contributed by atoms with E-state index in [0.29, 0.717) is 31.4 Å². The number of esters is 1. The molecule has 0 radical (unpaired) electrons.